The van der Waals surface area contributed by atoms with Crippen LogP contribution in [-0.4, -0.2) is 0 Å². The molecule has 0 unspecified atom stereocenters. The standard InChI is InChI=1S/C64H43N/c1-2-11-49(12-3-1)63-41-32-51-14-7-9-17-62(51)64(63)52-30-38-59(39-31-52)65(58-36-28-48(29-37-58)55-33-40-61-56(43-55)25-23-50-13-6-8-16-60(50)61)57-34-26-46(27-35-57)45-18-20-47(21-19-45)54-24-22-44-10-4-5-15-53(44)42-54/h1-43H/i26D,27D,28D,29D,34D,35D,36D,37D. The fraction of sp³-hybridized carbons (Fsp3) is 0. The van der Waals surface area contributed by atoms with Crippen LogP contribution >= 0.6 is 0 Å². The molecule has 12 rings (SSSR count). The molecule has 0 N–H and O–H groups in total. The summed E-state index contributed by atoms with van der Waals surface area (Å²) >= 11 is 0. The van der Waals surface area contributed by atoms with Gasteiger partial charge in [-0.2, -0.15) is 0 Å². The molecule has 1 nitrogen and oxygen atoms in total. The predicted molar refractivity (Wildman–Crippen MR) is 278 cm³/mol. The summed E-state index contributed by atoms with van der Waals surface area (Å²) in [6, 6.07) is 66.6. The zero-order chi connectivity index (χ0) is 50.1. The van der Waals surface area contributed by atoms with Crippen molar-refractivity contribution in [2.45, 2.75) is 0 Å². The number of benzene rings is 12. The normalized spacial score (nSPS) is 13.1. The molecular weight excluding hydrogens is 783 g/mol. The molecule has 0 aromatic heterocycles. The van der Waals surface area contributed by atoms with E-state index in [4.69, 9.17) is 0 Å². The van der Waals surface area contributed by atoms with Crippen LogP contribution in [0.5, 0.6) is 0 Å². The van der Waals surface area contributed by atoms with Gasteiger partial charge in [-0.3, -0.25) is 0 Å². The van der Waals surface area contributed by atoms with E-state index in [9.17, 15) is 11.0 Å². The fourth-order valence-corrected chi connectivity index (χ4v) is 9.08. The first-order valence-electron chi connectivity index (χ1n) is 25.8. The molecule has 0 fully saturated rings. The van der Waals surface area contributed by atoms with Crippen molar-refractivity contribution in [3.8, 4) is 55.6 Å². The topological polar surface area (TPSA) is 3.24 Å². The van der Waals surface area contributed by atoms with Gasteiger partial charge in [0, 0.05) is 17.1 Å². The Hall–Kier alpha value is -8.52. The van der Waals surface area contributed by atoms with Gasteiger partial charge in [-0.1, -0.05) is 212 Å². The summed E-state index contributed by atoms with van der Waals surface area (Å²) in [6.45, 7) is 0. The molecule has 0 aliphatic heterocycles. The van der Waals surface area contributed by atoms with Gasteiger partial charge in [0.15, 0.2) is 0 Å². The van der Waals surface area contributed by atoms with Crippen molar-refractivity contribution in [2.24, 2.45) is 0 Å². The third kappa shape index (κ3) is 7.20. The predicted octanol–water partition coefficient (Wildman–Crippen LogP) is 18.1. The van der Waals surface area contributed by atoms with Crippen LogP contribution in [0.1, 0.15) is 11.0 Å². The molecule has 12 aromatic carbocycles. The van der Waals surface area contributed by atoms with E-state index in [0.29, 0.717) is 16.8 Å². The molecule has 0 spiro atoms. The van der Waals surface area contributed by atoms with Gasteiger partial charge >= 0.3 is 0 Å². The van der Waals surface area contributed by atoms with E-state index in [0.717, 1.165) is 76.5 Å². The van der Waals surface area contributed by atoms with Gasteiger partial charge in [-0.25, -0.2) is 0 Å². The fourth-order valence-electron chi connectivity index (χ4n) is 9.08. The van der Waals surface area contributed by atoms with Crippen LogP contribution in [0.25, 0.3) is 98.7 Å². The van der Waals surface area contributed by atoms with Crippen molar-refractivity contribution in [3.05, 3.63) is 261 Å². The van der Waals surface area contributed by atoms with E-state index in [1.807, 2.05) is 121 Å². The maximum atomic E-state index is 9.73. The molecule has 0 radical (unpaired) electrons. The average molecular weight is 834 g/mol. The maximum Gasteiger partial charge on any atom is 0.0645 e. The van der Waals surface area contributed by atoms with E-state index < -0.39 is 24.2 Å². The first kappa shape index (κ1) is 30.5. The Kier molecular flexibility index (Phi) is 7.66. The van der Waals surface area contributed by atoms with Gasteiger partial charge < -0.3 is 4.90 Å². The highest BCUT2D eigenvalue weighted by molar-refractivity contribution is 6.08. The van der Waals surface area contributed by atoms with Crippen molar-refractivity contribution < 1.29 is 11.0 Å². The molecular formula is C64H43N. The van der Waals surface area contributed by atoms with Crippen molar-refractivity contribution in [3.63, 3.8) is 0 Å². The molecule has 1 heteroatoms. The Labute approximate surface area is 391 Å². The van der Waals surface area contributed by atoms with Crippen molar-refractivity contribution in [1.29, 1.82) is 0 Å². The third-order valence-corrected chi connectivity index (χ3v) is 12.4. The first-order chi connectivity index (χ1) is 35.5. The Bertz CT molecular complexity index is 4120. The van der Waals surface area contributed by atoms with Gasteiger partial charge in [0.05, 0.1) is 11.0 Å². The minimum absolute atomic E-state index is 0.0995. The second-order valence-electron chi connectivity index (χ2n) is 16.3. The molecule has 304 valence electrons. The molecule has 0 atom stereocenters. The quantitative estimate of drug-likeness (QED) is 0.138. The van der Waals surface area contributed by atoms with Crippen LogP contribution in [-0.2, 0) is 0 Å². The highest BCUT2D eigenvalue weighted by Gasteiger charge is 2.17. The molecule has 0 bridgehead atoms. The van der Waals surface area contributed by atoms with E-state index in [1.54, 1.807) is 24.3 Å². The Morgan fingerprint density at radius 2 is 0.692 bits per heavy atom. The van der Waals surface area contributed by atoms with Crippen LogP contribution in [0.15, 0.2) is 261 Å². The summed E-state index contributed by atoms with van der Waals surface area (Å²) < 4.78 is 77.1. The molecule has 12 aromatic rings. The number of hydrogen-bond acceptors (Lipinski definition) is 1. The lowest BCUT2D eigenvalue weighted by atomic mass is 9.89. The number of rotatable bonds is 8. The summed E-state index contributed by atoms with van der Waals surface area (Å²) in [4.78, 5) is 1.37. The zero-order valence-corrected chi connectivity index (χ0v) is 35.2. The molecule has 0 aliphatic carbocycles. The van der Waals surface area contributed by atoms with Crippen molar-refractivity contribution in [2.75, 3.05) is 4.90 Å². The Balaban J connectivity index is 1.03. The molecule has 65 heavy (non-hydrogen) atoms. The molecule has 0 saturated heterocycles. The van der Waals surface area contributed by atoms with E-state index in [1.165, 1.54) is 4.90 Å². The number of hydrogen-bond donors (Lipinski definition) is 0. The lowest BCUT2D eigenvalue weighted by molar-refractivity contribution is 1.28. The van der Waals surface area contributed by atoms with Crippen LogP contribution in [0.3, 0.4) is 0 Å². The largest absolute Gasteiger partial charge is 0.311 e. The second-order valence-corrected chi connectivity index (χ2v) is 16.3. The van der Waals surface area contributed by atoms with Gasteiger partial charge in [-0.05, 0) is 147 Å². The Morgan fingerprint density at radius 1 is 0.246 bits per heavy atom. The smallest absolute Gasteiger partial charge is 0.0645 e. The van der Waals surface area contributed by atoms with E-state index in [-0.39, 0.29) is 46.7 Å². The Morgan fingerprint density at radius 3 is 1.40 bits per heavy atom. The molecule has 0 saturated carbocycles. The number of anilines is 3. The minimum Gasteiger partial charge on any atom is -0.311 e. The highest BCUT2D eigenvalue weighted by Crippen LogP contribution is 2.42. The lowest BCUT2D eigenvalue weighted by Crippen LogP contribution is -2.09. The van der Waals surface area contributed by atoms with Gasteiger partial charge in [0.25, 0.3) is 0 Å². The molecule has 0 amide bonds. The van der Waals surface area contributed by atoms with Gasteiger partial charge in [0.2, 0.25) is 0 Å². The second kappa shape index (κ2) is 16.3. The summed E-state index contributed by atoms with van der Waals surface area (Å²) in [5, 5.41) is 8.33. The van der Waals surface area contributed by atoms with Crippen LogP contribution in [0, 0.1) is 0 Å². The van der Waals surface area contributed by atoms with Crippen molar-refractivity contribution >= 4 is 60.2 Å². The number of fused-ring (bicyclic) bond motifs is 5. The third-order valence-electron chi connectivity index (χ3n) is 12.4. The van der Waals surface area contributed by atoms with E-state index >= 15 is 0 Å². The summed E-state index contributed by atoms with van der Waals surface area (Å²) in [6.07, 6.45) is 0. The maximum absolute atomic E-state index is 9.73. The van der Waals surface area contributed by atoms with Crippen LogP contribution in [0.2, 0.25) is 0 Å². The molecule has 0 aliphatic rings. The minimum atomic E-state index is -0.401. The zero-order valence-electron chi connectivity index (χ0n) is 43.2. The first-order valence-corrected chi connectivity index (χ1v) is 21.8. The lowest BCUT2D eigenvalue weighted by Gasteiger charge is -2.26. The van der Waals surface area contributed by atoms with Gasteiger partial charge in [-0.15, -0.1) is 0 Å². The monoisotopic (exact) mass is 833 g/mol. The SMILES string of the molecule is [2H]c1c([2H])c(N(c2ccc(-c3c(-c4ccccc4)ccc4ccccc34)cc2)c2c([2H])c([2H])c(-c3ccc4c(ccc5ccccc54)c3)c([2H])c2[2H])c([2H])c([2H])c1-c1ccc(-c2ccc3ccccc3c2)cc1. The van der Waals surface area contributed by atoms with Gasteiger partial charge in [0.1, 0.15) is 0 Å². The van der Waals surface area contributed by atoms with E-state index in [2.05, 4.69) is 66.7 Å². The van der Waals surface area contributed by atoms with Crippen LogP contribution in [0.4, 0.5) is 17.1 Å². The van der Waals surface area contributed by atoms with Crippen molar-refractivity contribution in [1.82, 2.24) is 0 Å². The summed E-state index contributed by atoms with van der Waals surface area (Å²) in [7, 11) is 0. The summed E-state index contributed by atoms with van der Waals surface area (Å²) in [5.41, 5.74) is 6.94. The average Bonchev–Trinajstić information content (AvgIpc) is 3.43. The van der Waals surface area contributed by atoms with Crippen LogP contribution < -0.4 is 4.90 Å². The number of nitrogens with zero attached hydrogens (tertiary/aromatic N) is 1. The highest BCUT2D eigenvalue weighted by atomic mass is 15.1. The summed E-state index contributed by atoms with van der Waals surface area (Å²) in [5.74, 6) is 0. The molecule has 0 heterocycles.